The maximum atomic E-state index is 10.5. The van der Waals surface area contributed by atoms with E-state index in [0.717, 1.165) is 0 Å². The molecule has 0 radical (unpaired) electrons. The molecule has 0 spiro atoms. The normalized spacial score (nSPS) is 12.4. The van der Waals surface area contributed by atoms with Crippen LogP contribution in [0.4, 0.5) is 0 Å². The molecule has 1 unspecified atom stereocenters. The first-order valence-electron chi connectivity index (χ1n) is 3.52. The summed E-state index contributed by atoms with van der Waals surface area (Å²) >= 11 is 0. The van der Waals surface area contributed by atoms with E-state index in [-0.39, 0.29) is 5.69 Å². The molecule has 2 N–H and O–H groups in total. The molecule has 0 saturated heterocycles. The van der Waals surface area contributed by atoms with Gasteiger partial charge >= 0.3 is 11.9 Å². The summed E-state index contributed by atoms with van der Waals surface area (Å²) in [6.07, 6.45) is 2.36. The number of carboxylic acids is 2. The molecule has 13 heavy (non-hydrogen) atoms. The highest BCUT2D eigenvalue weighted by molar-refractivity contribution is 5.85. The van der Waals surface area contributed by atoms with Crippen LogP contribution in [0.2, 0.25) is 0 Å². The topological polar surface area (TPSA) is 92.4 Å². The molecular weight excluding hydrogens is 176 g/mol. The molecule has 6 nitrogen and oxygen atoms in total. The van der Waals surface area contributed by atoms with Crippen molar-refractivity contribution < 1.29 is 19.8 Å². The number of carboxylic acid groups (broad SMARTS) is 2. The van der Waals surface area contributed by atoms with Gasteiger partial charge in [-0.3, -0.25) is 0 Å². The molecule has 0 bridgehead atoms. The summed E-state index contributed by atoms with van der Waals surface area (Å²) in [6.45, 7) is 1.44. The van der Waals surface area contributed by atoms with Gasteiger partial charge < -0.3 is 14.8 Å². The third-order valence-electron chi connectivity index (χ3n) is 1.63. The minimum Gasteiger partial charge on any atom is -0.480 e. The van der Waals surface area contributed by atoms with Gasteiger partial charge in [0.25, 0.3) is 0 Å². The molecule has 0 amide bonds. The number of aromatic carboxylic acids is 1. The molecule has 1 atom stereocenters. The molecule has 0 aliphatic heterocycles. The van der Waals surface area contributed by atoms with Crippen molar-refractivity contribution in [3.63, 3.8) is 0 Å². The summed E-state index contributed by atoms with van der Waals surface area (Å²) < 4.78 is 1.23. The van der Waals surface area contributed by atoms with Crippen LogP contribution in [0.25, 0.3) is 0 Å². The predicted molar refractivity (Wildman–Crippen MR) is 41.5 cm³/mol. The van der Waals surface area contributed by atoms with Gasteiger partial charge in [0.1, 0.15) is 6.04 Å². The zero-order valence-electron chi connectivity index (χ0n) is 6.84. The van der Waals surface area contributed by atoms with Crippen molar-refractivity contribution in [1.82, 2.24) is 9.55 Å². The van der Waals surface area contributed by atoms with Crippen LogP contribution < -0.4 is 0 Å². The monoisotopic (exact) mass is 184 g/mol. The largest absolute Gasteiger partial charge is 0.480 e. The first kappa shape index (κ1) is 9.24. The summed E-state index contributed by atoms with van der Waals surface area (Å²) in [5.41, 5.74) is -0.159. The van der Waals surface area contributed by atoms with Gasteiger partial charge in [0, 0.05) is 6.20 Å². The van der Waals surface area contributed by atoms with Crippen LogP contribution in [0.5, 0.6) is 0 Å². The highest BCUT2D eigenvalue weighted by atomic mass is 16.4. The van der Waals surface area contributed by atoms with Crippen LogP contribution >= 0.6 is 0 Å². The number of rotatable bonds is 3. The Labute approximate surface area is 73.4 Å². The van der Waals surface area contributed by atoms with Crippen LogP contribution in [-0.2, 0) is 4.79 Å². The van der Waals surface area contributed by atoms with E-state index in [1.54, 1.807) is 0 Å². The third kappa shape index (κ3) is 1.84. The van der Waals surface area contributed by atoms with Gasteiger partial charge in [0.05, 0.1) is 6.33 Å². The second-order valence-electron chi connectivity index (χ2n) is 2.53. The Kier molecular flexibility index (Phi) is 2.32. The molecular formula is C7H8N2O4. The van der Waals surface area contributed by atoms with Crippen molar-refractivity contribution in [3.8, 4) is 0 Å². The highest BCUT2D eigenvalue weighted by Gasteiger charge is 2.15. The molecule has 0 fully saturated rings. The van der Waals surface area contributed by atoms with Gasteiger partial charge in [-0.25, -0.2) is 14.6 Å². The summed E-state index contributed by atoms with van der Waals surface area (Å²) in [5.74, 6) is -2.20. The van der Waals surface area contributed by atoms with Gasteiger partial charge in [-0.1, -0.05) is 0 Å². The molecule has 0 saturated carbocycles. The first-order valence-corrected chi connectivity index (χ1v) is 3.52. The fourth-order valence-electron chi connectivity index (χ4n) is 0.787. The van der Waals surface area contributed by atoms with Crippen molar-refractivity contribution in [3.05, 3.63) is 18.2 Å². The zero-order valence-corrected chi connectivity index (χ0v) is 6.84. The average molecular weight is 184 g/mol. The lowest BCUT2D eigenvalue weighted by molar-refractivity contribution is -0.140. The Morgan fingerprint density at radius 3 is 2.54 bits per heavy atom. The maximum Gasteiger partial charge on any atom is 0.356 e. The number of aliphatic carboxylic acids is 1. The fourth-order valence-corrected chi connectivity index (χ4v) is 0.787. The lowest BCUT2D eigenvalue weighted by Crippen LogP contribution is -2.13. The van der Waals surface area contributed by atoms with Crippen molar-refractivity contribution in [2.24, 2.45) is 0 Å². The Bertz CT molecular complexity index is 344. The fraction of sp³-hybridized carbons (Fsp3) is 0.286. The Morgan fingerprint density at radius 1 is 1.54 bits per heavy atom. The molecule has 1 rings (SSSR count). The van der Waals surface area contributed by atoms with Gasteiger partial charge in [-0.15, -0.1) is 0 Å². The Hall–Kier alpha value is -1.85. The zero-order chi connectivity index (χ0) is 10.0. The minimum absolute atomic E-state index is 0.159. The molecule has 0 aliphatic carbocycles. The molecule has 1 aromatic heterocycles. The van der Waals surface area contributed by atoms with Crippen LogP contribution in [0.1, 0.15) is 23.5 Å². The lowest BCUT2D eigenvalue weighted by Gasteiger charge is -2.05. The number of hydrogen-bond donors (Lipinski definition) is 2. The number of hydrogen-bond acceptors (Lipinski definition) is 3. The van der Waals surface area contributed by atoms with Gasteiger partial charge in [-0.2, -0.15) is 0 Å². The van der Waals surface area contributed by atoms with Crippen LogP contribution in [-0.4, -0.2) is 31.7 Å². The van der Waals surface area contributed by atoms with E-state index in [2.05, 4.69) is 4.98 Å². The molecule has 6 heteroatoms. The van der Waals surface area contributed by atoms with E-state index in [1.165, 1.54) is 24.0 Å². The summed E-state index contributed by atoms with van der Waals surface area (Å²) in [5, 5.41) is 17.1. The molecule has 1 aromatic rings. The molecule has 0 aromatic carbocycles. The Balaban J connectivity index is 2.91. The van der Waals surface area contributed by atoms with Crippen LogP contribution in [0.15, 0.2) is 12.5 Å². The Morgan fingerprint density at radius 2 is 2.15 bits per heavy atom. The first-order chi connectivity index (χ1) is 6.02. The van der Waals surface area contributed by atoms with E-state index in [4.69, 9.17) is 10.2 Å². The van der Waals surface area contributed by atoms with E-state index in [1.807, 2.05) is 0 Å². The second kappa shape index (κ2) is 3.26. The van der Waals surface area contributed by atoms with Crippen molar-refractivity contribution in [1.29, 1.82) is 0 Å². The van der Waals surface area contributed by atoms with E-state index in [0.29, 0.717) is 0 Å². The minimum atomic E-state index is -1.17. The van der Waals surface area contributed by atoms with Gasteiger partial charge in [-0.05, 0) is 6.92 Å². The lowest BCUT2D eigenvalue weighted by atomic mass is 10.3. The average Bonchev–Trinajstić information content (AvgIpc) is 2.50. The third-order valence-corrected chi connectivity index (χ3v) is 1.63. The predicted octanol–water partition coefficient (Wildman–Crippen LogP) is 0.227. The van der Waals surface area contributed by atoms with Crippen LogP contribution in [0.3, 0.4) is 0 Å². The van der Waals surface area contributed by atoms with Crippen molar-refractivity contribution >= 4 is 11.9 Å². The summed E-state index contributed by atoms with van der Waals surface area (Å²) in [4.78, 5) is 24.4. The number of imidazole rings is 1. The molecule has 1 heterocycles. The van der Waals surface area contributed by atoms with Crippen molar-refractivity contribution in [2.45, 2.75) is 13.0 Å². The maximum absolute atomic E-state index is 10.5. The molecule has 70 valence electrons. The second-order valence-corrected chi connectivity index (χ2v) is 2.53. The summed E-state index contributed by atoms with van der Waals surface area (Å²) in [6, 6.07) is -0.805. The van der Waals surface area contributed by atoms with Crippen molar-refractivity contribution in [2.75, 3.05) is 0 Å². The standard InChI is InChI=1S/C7H8N2O4/c1-4(6(10)11)9-2-5(7(12)13)8-3-9/h2-4H,1H3,(H,10,11)(H,12,13). The highest BCUT2D eigenvalue weighted by Crippen LogP contribution is 2.06. The quantitative estimate of drug-likeness (QED) is 0.701. The smallest absolute Gasteiger partial charge is 0.356 e. The number of carbonyl (C=O) groups is 2. The van der Waals surface area contributed by atoms with E-state index >= 15 is 0 Å². The number of nitrogens with zero attached hydrogens (tertiary/aromatic N) is 2. The summed E-state index contributed by atoms with van der Waals surface area (Å²) in [7, 11) is 0. The van der Waals surface area contributed by atoms with E-state index in [9.17, 15) is 9.59 Å². The number of aromatic nitrogens is 2. The van der Waals surface area contributed by atoms with Gasteiger partial charge in [0.15, 0.2) is 5.69 Å². The van der Waals surface area contributed by atoms with Crippen LogP contribution in [0, 0.1) is 0 Å². The van der Waals surface area contributed by atoms with Gasteiger partial charge in [0.2, 0.25) is 0 Å². The SMILES string of the molecule is CC(C(=O)O)n1cnc(C(=O)O)c1. The molecule has 0 aliphatic rings. The van der Waals surface area contributed by atoms with E-state index < -0.39 is 18.0 Å².